The van der Waals surface area contributed by atoms with Gasteiger partial charge in [0.25, 0.3) is 0 Å². The van der Waals surface area contributed by atoms with Crippen molar-refractivity contribution in [1.29, 1.82) is 0 Å². The molecule has 0 aliphatic heterocycles. The van der Waals surface area contributed by atoms with Crippen LogP contribution in [-0.2, 0) is 6.42 Å². The average molecular weight is 178 g/mol. The number of aryl methyl sites for hydroxylation is 1. The molecule has 1 amide bonds. The van der Waals surface area contributed by atoms with Gasteiger partial charge < -0.3 is 4.42 Å². The molecule has 4 nitrogen and oxygen atoms in total. The van der Waals surface area contributed by atoms with E-state index in [0.29, 0.717) is 24.2 Å². The third-order valence-corrected chi connectivity index (χ3v) is 2.14. The smallest absolute Gasteiger partial charge is 0.305 e. The third kappa shape index (κ3) is 1.24. The minimum absolute atomic E-state index is 0.0116. The van der Waals surface area contributed by atoms with Gasteiger partial charge in [0, 0.05) is 18.9 Å². The monoisotopic (exact) mass is 178 g/mol. The fraction of sp³-hybridized carbons (Fsp3) is 0.333. The van der Waals surface area contributed by atoms with Gasteiger partial charge in [-0.25, -0.2) is 0 Å². The summed E-state index contributed by atoms with van der Waals surface area (Å²) in [6.07, 6.45) is 1.97. The van der Waals surface area contributed by atoms with Gasteiger partial charge in [0.15, 0.2) is 11.5 Å². The number of furan rings is 1. The molecule has 13 heavy (non-hydrogen) atoms. The highest BCUT2D eigenvalue weighted by Crippen LogP contribution is 2.24. The van der Waals surface area contributed by atoms with Crippen LogP contribution in [0.1, 0.15) is 39.5 Å². The molecule has 2 rings (SSSR count). The summed E-state index contributed by atoms with van der Waals surface area (Å²) in [5.41, 5.74) is 7.31. The molecule has 0 fully saturated rings. The Bertz CT molecular complexity index is 378. The summed E-state index contributed by atoms with van der Waals surface area (Å²) in [5, 5.41) is 0. The topological polar surface area (TPSA) is 71.1 Å². The standard InChI is InChI=1S/C9H8NO3/c10-9(12)8-4-5-6(11)2-1-3-7(5)13-8/h4,10H,1-3H2. The second-order valence-electron chi connectivity index (χ2n) is 3.05. The predicted octanol–water partition coefficient (Wildman–Crippen LogP) is 1.22. The van der Waals surface area contributed by atoms with E-state index in [4.69, 9.17) is 10.2 Å². The van der Waals surface area contributed by atoms with E-state index in [1.54, 1.807) is 0 Å². The Morgan fingerprint density at radius 2 is 2.23 bits per heavy atom. The van der Waals surface area contributed by atoms with Gasteiger partial charge in [0.2, 0.25) is 0 Å². The summed E-state index contributed by atoms with van der Waals surface area (Å²) in [7, 11) is 0. The Morgan fingerprint density at radius 1 is 1.46 bits per heavy atom. The third-order valence-electron chi connectivity index (χ3n) is 2.14. The highest BCUT2D eigenvalue weighted by molar-refractivity contribution is 6.00. The number of nitrogens with one attached hydrogen (secondary N) is 1. The summed E-state index contributed by atoms with van der Waals surface area (Å²) in [5.74, 6) is -0.327. The van der Waals surface area contributed by atoms with Gasteiger partial charge >= 0.3 is 5.91 Å². The van der Waals surface area contributed by atoms with Crippen LogP contribution in [0.5, 0.6) is 0 Å². The van der Waals surface area contributed by atoms with Crippen molar-refractivity contribution in [3.05, 3.63) is 23.2 Å². The average Bonchev–Trinajstić information content (AvgIpc) is 2.49. The maximum atomic E-state index is 11.3. The normalized spacial score (nSPS) is 15.5. The summed E-state index contributed by atoms with van der Waals surface area (Å²) >= 11 is 0. The van der Waals surface area contributed by atoms with Crippen molar-refractivity contribution in [2.24, 2.45) is 0 Å². The summed E-state index contributed by atoms with van der Waals surface area (Å²) in [4.78, 5) is 21.9. The molecule has 1 aliphatic rings. The number of carbonyl (C=O) groups is 2. The number of hydrogen-bond acceptors (Lipinski definition) is 3. The van der Waals surface area contributed by atoms with E-state index in [0.717, 1.165) is 6.42 Å². The molecule has 1 heterocycles. The molecular weight excluding hydrogens is 170 g/mol. The second kappa shape index (κ2) is 2.73. The van der Waals surface area contributed by atoms with E-state index in [-0.39, 0.29) is 11.5 Å². The number of amides is 1. The van der Waals surface area contributed by atoms with Gasteiger partial charge in [-0.2, -0.15) is 0 Å². The molecule has 0 spiro atoms. The number of rotatable bonds is 1. The molecule has 1 radical (unpaired) electrons. The minimum atomic E-state index is -0.873. The molecule has 0 unspecified atom stereocenters. The van der Waals surface area contributed by atoms with Crippen molar-refractivity contribution < 1.29 is 14.0 Å². The molecule has 0 aromatic carbocycles. The molecule has 67 valence electrons. The molecular formula is C9H8NO3. The van der Waals surface area contributed by atoms with Crippen molar-refractivity contribution in [2.75, 3.05) is 0 Å². The number of hydrogen-bond donors (Lipinski definition) is 0. The van der Waals surface area contributed by atoms with Crippen LogP contribution in [0.3, 0.4) is 0 Å². The molecule has 1 aromatic heterocycles. The molecule has 0 atom stereocenters. The summed E-state index contributed by atoms with van der Waals surface area (Å²) < 4.78 is 5.08. The summed E-state index contributed by atoms with van der Waals surface area (Å²) in [6, 6.07) is 1.38. The maximum Gasteiger partial charge on any atom is 0.305 e. The Labute approximate surface area is 74.7 Å². The van der Waals surface area contributed by atoms with Gasteiger partial charge in [-0.3, -0.25) is 15.3 Å². The minimum Gasteiger partial charge on any atom is -0.455 e. The van der Waals surface area contributed by atoms with Crippen molar-refractivity contribution in [3.63, 3.8) is 0 Å². The lowest BCUT2D eigenvalue weighted by molar-refractivity contribution is 0.0952. The maximum absolute atomic E-state index is 11.3. The molecule has 4 heteroatoms. The van der Waals surface area contributed by atoms with Crippen molar-refractivity contribution in [3.8, 4) is 0 Å². The SMILES string of the molecule is [NH]C(=O)c1cc2c(o1)CCCC2=O. The zero-order valence-electron chi connectivity index (χ0n) is 6.92. The fourth-order valence-electron chi connectivity index (χ4n) is 1.51. The first-order valence-electron chi connectivity index (χ1n) is 4.10. The zero-order chi connectivity index (χ0) is 9.42. The number of Topliss-reactive ketones (excluding diaryl/α,β-unsaturated/α-hetero) is 1. The molecule has 0 saturated carbocycles. The van der Waals surface area contributed by atoms with Crippen LogP contribution in [0, 0.1) is 0 Å². The van der Waals surface area contributed by atoms with E-state index in [1.165, 1.54) is 6.07 Å². The molecule has 0 bridgehead atoms. The van der Waals surface area contributed by atoms with E-state index in [9.17, 15) is 9.59 Å². The zero-order valence-corrected chi connectivity index (χ0v) is 6.92. The number of carbonyl (C=O) groups excluding carboxylic acids is 2. The highest BCUT2D eigenvalue weighted by atomic mass is 16.4. The number of fused-ring (bicyclic) bond motifs is 1. The molecule has 1 aromatic rings. The second-order valence-corrected chi connectivity index (χ2v) is 3.05. The lowest BCUT2D eigenvalue weighted by Gasteiger charge is -2.06. The molecule has 1 N–H and O–H groups in total. The van der Waals surface area contributed by atoms with Crippen molar-refractivity contribution in [2.45, 2.75) is 19.3 Å². The highest BCUT2D eigenvalue weighted by Gasteiger charge is 2.23. The van der Waals surface area contributed by atoms with Crippen LogP contribution in [0.2, 0.25) is 0 Å². The first kappa shape index (κ1) is 8.04. The molecule has 1 aliphatic carbocycles. The van der Waals surface area contributed by atoms with Crippen LogP contribution in [0.15, 0.2) is 10.5 Å². The first-order valence-corrected chi connectivity index (χ1v) is 4.10. The number of ketones is 1. The van der Waals surface area contributed by atoms with Gasteiger partial charge in [-0.1, -0.05) is 0 Å². The van der Waals surface area contributed by atoms with E-state index < -0.39 is 5.91 Å². The van der Waals surface area contributed by atoms with Gasteiger partial charge in [-0.05, 0) is 6.42 Å². The van der Waals surface area contributed by atoms with E-state index in [2.05, 4.69) is 0 Å². The Hall–Kier alpha value is -1.58. The van der Waals surface area contributed by atoms with Crippen LogP contribution in [0.25, 0.3) is 0 Å². The van der Waals surface area contributed by atoms with E-state index in [1.807, 2.05) is 0 Å². The molecule has 0 saturated heterocycles. The predicted molar refractivity (Wildman–Crippen MR) is 43.4 cm³/mol. The Balaban J connectivity index is 2.48. The lowest BCUT2D eigenvalue weighted by atomic mass is 9.97. The van der Waals surface area contributed by atoms with Gasteiger partial charge in [-0.15, -0.1) is 0 Å². The Morgan fingerprint density at radius 3 is 2.85 bits per heavy atom. The lowest BCUT2D eigenvalue weighted by Crippen LogP contribution is -2.07. The van der Waals surface area contributed by atoms with Crippen LogP contribution in [0.4, 0.5) is 0 Å². The van der Waals surface area contributed by atoms with Gasteiger partial charge in [0.05, 0.1) is 5.56 Å². The largest absolute Gasteiger partial charge is 0.455 e. The van der Waals surface area contributed by atoms with Crippen molar-refractivity contribution in [1.82, 2.24) is 5.73 Å². The quantitative estimate of drug-likeness (QED) is 0.649. The van der Waals surface area contributed by atoms with Crippen LogP contribution >= 0.6 is 0 Å². The van der Waals surface area contributed by atoms with E-state index >= 15 is 0 Å². The first-order chi connectivity index (χ1) is 6.18. The Kier molecular flexibility index (Phi) is 1.69. The fourth-order valence-corrected chi connectivity index (χ4v) is 1.51. The summed E-state index contributed by atoms with van der Waals surface area (Å²) in [6.45, 7) is 0. The van der Waals surface area contributed by atoms with Crippen LogP contribution < -0.4 is 5.73 Å². The van der Waals surface area contributed by atoms with Crippen molar-refractivity contribution >= 4 is 11.7 Å². The van der Waals surface area contributed by atoms with Gasteiger partial charge in [0.1, 0.15) is 5.76 Å². The van der Waals surface area contributed by atoms with Crippen LogP contribution in [-0.4, -0.2) is 11.7 Å².